The third-order valence-electron chi connectivity index (χ3n) is 4.04. The van der Waals surface area contributed by atoms with Gasteiger partial charge in [0.15, 0.2) is 0 Å². The van der Waals surface area contributed by atoms with Crippen LogP contribution in [0.1, 0.15) is 0 Å². The van der Waals surface area contributed by atoms with E-state index in [9.17, 15) is 0 Å². The normalized spacial score (nSPS) is 14.7. The van der Waals surface area contributed by atoms with Crippen LogP contribution >= 0.6 is 38.4 Å². The Labute approximate surface area is 156 Å². The van der Waals surface area contributed by atoms with Gasteiger partial charge < -0.3 is 9.30 Å². The Morgan fingerprint density at radius 2 is 1.88 bits per heavy atom. The van der Waals surface area contributed by atoms with E-state index in [4.69, 9.17) is 16.3 Å². The third-order valence-corrected chi connectivity index (χ3v) is 6.80. The Hall–Kier alpha value is -1.62. The van der Waals surface area contributed by atoms with Gasteiger partial charge >= 0.3 is 0 Å². The van der Waals surface area contributed by atoms with Gasteiger partial charge in [0.2, 0.25) is 0 Å². The lowest BCUT2D eigenvalue weighted by Gasteiger charge is -2.09. The zero-order valence-corrected chi connectivity index (χ0v) is 16.1. The summed E-state index contributed by atoms with van der Waals surface area (Å²) in [5, 5.41) is 6.50. The van der Waals surface area contributed by atoms with Crippen molar-refractivity contribution in [1.29, 1.82) is 0 Å². The molecule has 3 aromatic rings. The van der Waals surface area contributed by atoms with Crippen LogP contribution in [0.15, 0.2) is 74.9 Å². The van der Waals surface area contributed by atoms with Crippen LogP contribution in [0.5, 0.6) is 5.75 Å². The molecule has 0 fully saturated rings. The molecule has 5 heteroatoms. The minimum absolute atomic E-state index is 0.416. The fourth-order valence-electron chi connectivity index (χ4n) is 2.90. The van der Waals surface area contributed by atoms with E-state index >= 15 is 0 Å². The maximum Gasteiger partial charge on any atom is 0.133 e. The number of benzene rings is 2. The van der Waals surface area contributed by atoms with Crippen LogP contribution in [-0.4, -0.2) is 11.7 Å². The molecular weight excluding hydrogens is 406 g/mol. The zero-order valence-electron chi connectivity index (χ0n) is 12.9. The highest BCUT2D eigenvalue weighted by atomic mass is 79.9. The summed E-state index contributed by atoms with van der Waals surface area (Å²) in [6.45, 7) is 0. The van der Waals surface area contributed by atoms with Gasteiger partial charge in [0.1, 0.15) is 5.75 Å². The number of allylic oxidation sites excluding steroid dienone is 2. The molecule has 2 nitrogen and oxygen atoms in total. The van der Waals surface area contributed by atoms with E-state index in [1.807, 2.05) is 12.1 Å². The summed E-state index contributed by atoms with van der Waals surface area (Å²) in [5.74, 6) is 0.824. The predicted molar refractivity (Wildman–Crippen MR) is 108 cm³/mol. The van der Waals surface area contributed by atoms with E-state index in [0.29, 0.717) is 0 Å². The lowest BCUT2D eigenvalue weighted by atomic mass is 10.2. The van der Waals surface area contributed by atoms with E-state index in [1.165, 1.54) is 10.3 Å². The molecule has 4 rings (SSSR count). The number of thiol groups is 1. The van der Waals surface area contributed by atoms with Crippen molar-refractivity contribution >= 4 is 49.3 Å². The SMILES string of the molecule is COc1ccc(-n2cc([SH]3C=CC=C3)c3cc(Cl)ccc32)cc1Br. The summed E-state index contributed by atoms with van der Waals surface area (Å²) >= 11 is 9.83. The van der Waals surface area contributed by atoms with Crippen LogP contribution < -0.4 is 4.74 Å². The van der Waals surface area contributed by atoms with Crippen LogP contribution in [0.4, 0.5) is 0 Å². The van der Waals surface area contributed by atoms with Crippen molar-refractivity contribution in [3.63, 3.8) is 0 Å². The number of hydrogen-bond donors (Lipinski definition) is 1. The Bertz CT molecular complexity index is 980. The Balaban J connectivity index is 1.94. The number of halogens is 2. The summed E-state index contributed by atoms with van der Waals surface area (Å²) in [4.78, 5) is 1.32. The minimum Gasteiger partial charge on any atom is -0.496 e. The van der Waals surface area contributed by atoms with Crippen molar-refractivity contribution in [1.82, 2.24) is 4.57 Å². The molecule has 0 saturated heterocycles. The standard InChI is InChI=1S/C19H15BrClNOS/c1-23-18-7-5-14(11-16(18)20)22-12-19(24-8-2-3-9-24)15-10-13(21)4-6-17(15)22/h2-12,24H,1H3. The van der Waals surface area contributed by atoms with Crippen LogP contribution in [0.2, 0.25) is 5.02 Å². The zero-order chi connectivity index (χ0) is 16.7. The summed E-state index contributed by atoms with van der Waals surface area (Å²) in [7, 11) is 1.26. The molecule has 1 aliphatic rings. The van der Waals surface area contributed by atoms with E-state index in [1.54, 1.807) is 7.11 Å². The van der Waals surface area contributed by atoms with Crippen molar-refractivity contribution in [2.75, 3.05) is 7.11 Å². The van der Waals surface area contributed by atoms with Gasteiger partial charge in [0.05, 0.1) is 17.1 Å². The van der Waals surface area contributed by atoms with E-state index in [2.05, 4.69) is 73.9 Å². The lowest BCUT2D eigenvalue weighted by molar-refractivity contribution is 0.412. The first-order chi connectivity index (χ1) is 11.7. The van der Waals surface area contributed by atoms with Gasteiger partial charge in [-0.15, -0.1) is 0 Å². The molecular formula is C19H15BrClNOS. The topological polar surface area (TPSA) is 14.2 Å². The van der Waals surface area contributed by atoms with Gasteiger partial charge in [-0.3, -0.25) is 0 Å². The van der Waals surface area contributed by atoms with Gasteiger partial charge in [-0.1, -0.05) is 23.8 Å². The molecule has 0 amide bonds. The Morgan fingerprint density at radius 3 is 2.58 bits per heavy atom. The fourth-order valence-corrected chi connectivity index (χ4v) is 5.30. The first-order valence-corrected chi connectivity index (χ1v) is 10.1. The maximum absolute atomic E-state index is 6.26. The Kier molecular flexibility index (Phi) is 4.21. The molecule has 2 aromatic carbocycles. The minimum atomic E-state index is -0.416. The number of ether oxygens (including phenoxy) is 1. The monoisotopic (exact) mass is 419 g/mol. The predicted octanol–water partition coefficient (Wildman–Crippen LogP) is 6.46. The van der Waals surface area contributed by atoms with Crippen molar-refractivity contribution in [2.45, 2.75) is 4.90 Å². The molecule has 2 heterocycles. The largest absolute Gasteiger partial charge is 0.496 e. The highest BCUT2D eigenvalue weighted by Gasteiger charge is 2.15. The molecule has 0 bridgehead atoms. The number of methoxy groups -OCH3 is 1. The number of hydrogen-bond acceptors (Lipinski definition) is 1. The van der Waals surface area contributed by atoms with E-state index in [0.717, 1.165) is 26.4 Å². The molecule has 0 atom stereocenters. The quantitative estimate of drug-likeness (QED) is 0.480. The number of nitrogens with zero attached hydrogens (tertiary/aromatic N) is 1. The second kappa shape index (κ2) is 6.36. The highest BCUT2D eigenvalue weighted by molar-refractivity contribution is 9.10. The summed E-state index contributed by atoms with van der Waals surface area (Å²) in [6.07, 6.45) is 6.45. The second-order valence-corrected chi connectivity index (χ2v) is 8.64. The molecule has 0 radical (unpaired) electrons. The van der Waals surface area contributed by atoms with Crippen molar-refractivity contribution < 1.29 is 4.74 Å². The number of rotatable bonds is 3. The number of fused-ring (bicyclic) bond motifs is 1. The maximum atomic E-state index is 6.26. The summed E-state index contributed by atoms with van der Waals surface area (Å²) < 4.78 is 8.49. The van der Waals surface area contributed by atoms with E-state index < -0.39 is 10.9 Å². The van der Waals surface area contributed by atoms with Gasteiger partial charge in [-0.2, -0.15) is 10.9 Å². The first kappa shape index (κ1) is 15.9. The summed E-state index contributed by atoms with van der Waals surface area (Å²) in [5.41, 5.74) is 2.24. The van der Waals surface area contributed by atoms with Gasteiger partial charge in [-0.25, -0.2) is 0 Å². The van der Waals surface area contributed by atoms with Crippen molar-refractivity contribution in [3.05, 3.63) is 75.1 Å². The third kappa shape index (κ3) is 2.69. The Morgan fingerprint density at radius 1 is 1.08 bits per heavy atom. The molecule has 0 unspecified atom stereocenters. The van der Waals surface area contributed by atoms with Gasteiger partial charge in [0, 0.05) is 27.2 Å². The molecule has 0 N–H and O–H groups in total. The fraction of sp³-hybridized carbons (Fsp3) is 0.0526. The van der Waals surface area contributed by atoms with E-state index in [-0.39, 0.29) is 0 Å². The number of aromatic nitrogens is 1. The molecule has 0 aliphatic carbocycles. The lowest BCUT2D eigenvalue weighted by Crippen LogP contribution is -1.93. The first-order valence-electron chi connectivity index (χ1n) is 7.45. The van der Waals surface area contributed by atoms with Crippen LogP contribution in [-0.2, 0) is 0 Å². The van der Waals surface area contributed by atoms with Gasteiger partial charge in [-0.05, 0) is 63.1 Å². The molecule has 1 aliphatic heterocycles. The molecule has 0 spiro atoms. The molecule has 1 aromatic heterocycles. The highest BCUT2D eigenvalue weighted by Crippen LogP contribution is 2.47. The summed E-state index contributed by atoms with van der Waals surface area (Å²) in [6, 6.07) is 12.2. The average molecular weight is 421 g/mol. The van der Waals surface area contributed by atoms with Crippen LogP contribution in [0.25, 0.3) is 16.6 Å². The molecule has 122 valence electrons. The second-order valence-electron chi connectivity index (χ2n) is 5.45. The molecule has 0 saturated carbocycles. The van der Waals surface area contributed by atoms with Crippen molar-refractivity contribution in [3.8, 4) is 11.4 Å². The van der Waals surface area contributed by atoms with Crippen LogP contribution in [0.3, 0.4) is 0 Å². The van der Waals surface area contributed by atoms with Crippen molar-refractivity contribution in [2.24, 2.45) is 0 Å². The average Bonchev–Trinajstić information content (AvgIpc) is 3.21. The molecule has 24 heavy (non-hydrogen) atoms. The smallest absolute Gasteiger partial charge is 0.133 e. The van der Waals surface area contributed by atoms with Crippen LogP contribution in [0, 0.1) is 0 Å². The van der Waals surface area contributed by atoms with Gasteiger partial charge in [0.25, 0.3) is 0 Å².